The van der Waals surface area contributed by atoms with Gasteiger partial charge in [-0.2, -0.15) is 0 Å². The first kappa shape index (κ1) is 13.5. The highest BCUT2D eigenvalue weighted by Crippen LogP contribution is 2.34. The van der Waals surface area contributed by atoms with E-state index in [9.17, 15) is 0 Å². The second-order valence-electron chi connectivity index (χ2n) is 5.34. The first-order chi connectivity index (χ1) is 8.65. The highest BCUT2D eigenvalue weighted by atomic mass is 16.5. The molecule has 0 amide bonds. The number of aryl methyl sites for hydroxylation is 2. The summed E-state index contributed by atoms with van der Waals surface area (Å²) in [5, 5.41) is 0. The van der Waals surface area contributed by atoms with Crippen molar-refractivity contribution in [1.29, 1.82) is 0 Å². The number of rotatable bonds is 4. The van der Waals surface area contributed by atoms with Crippen molar-refractivity contribution in [2.24, 2.45) is 11.8 Å². The summed E-state index contributed by atoms with van der Waals surface area (Å²) in [6.45, 7) is 7.29. The summed E-state index contributed by atoms with van der Waals surface area (Å²) in [6, 6.07) is 6.83. The lowest BCUT2D eigenvalue weighted by Gasteiger charge is -2.27. The minimum Gasteiger partial charge on any atom is -0.378 e. The Bertz CT molecular complexity index is 385. The molecule has 3 unspecified atom stereocenters. The lowest BCUT2D eigenvalue weighted by Crippen LogP contribution is -2.37. The Kier molecular flexibility index (Phi) is 4.38. The Hall–Kier alpha value is -0.900. The summed E-state index contributed by atoms with van der Waals surface area (Å²) in [4.78, 5) is 0. The van der Waals surface area contributed by atoms with E-state index in [1.807, 2.05) is 0 Å². The second kappa shape index (κ2) is 5.83. The molecule has 1 aliphatic heterocycles. The van der Waals surface area contributed by atoms with Crippen LogP contribution < -0.4 is 11.3 Å². The van der Waals surface area contributed by atoms with Gasteiger partial charge in [0, 0.05) is 12.5 Å². The van der Waals surface area contributed by atoms with E-state index in [2.05, 4.69) is 44.4 Å². The van der Waals surface area contributed by atoms with Gasteiger partial charge in [0.25, 0.3) is 0 Å². The number of hydrazine groups is 1. The number of ether oxygens (including phenoxy) is 1. The highest BCUT2D eigenvalue weighted by molar-refractivity contribution is 5.31. The van der Waals surface area contributed by atoms with Crippen molar-refractivity contribution < 1.29 is 4.74 Å². The molecule has 100 valence electrons. The fourth-order valence-corrected chi connectivity index (χ4v) is 3.12. The third-order valence-corrected chi connectivity index (χ3v) is 3.87. The summed E-state index contributed by atoms with van der Waals surface area (Å²) in [6.07, 6.45) is 2.46. The van der Waals surface area contributed by atoms with Crippen LogP contribution in [0.25, 0.3) is 0 Å². The van der Waals surface area contributed by atoms with Gasteiger partial charge in [0.15, 0.2) is 0 Å². The molecule has 1 aliphatic rings. The van der Waals surface area contributed by atoms with E-state index in [0.717, 1.165) is 19.4 Å². The lowest BCUT2D eigenvalue weighted by molar-refractivity contribution is 0.0774. The average Bonchev–Trinajstić information content (AvgIpc) is 2.77. The van der Waals surface area contributed by atoms with E-state index >= 15 is 0 Å². The standard InChI is InChI=1S/C15H24N2O/c1-4-14-13(5-6-18-14)15(17-16)12-8-10(2)7-11(3)9-12/h7-9,13-15,17H,4-6,16H2,1-3H3. The van der Waals surface area contributed by atoms with Gasteiger partial charge in [0.2, 0.25) is 0 Å². The van der Waals surface area contributed by atoms with Crippen LogP contribution in [0, 0.1) is 19.8 Å². The van der Waals surface area contributed by atoms with Gasteiger partial charge in [-0.25, -0.2) is 0 Å². The fraction of sp³-hybridized carbons (Fsp3) is 0.600. The molecule has 0 saturated carbocycles. The third-order valence-electron chi connectivity index (χ3n) is 3.87. The predicted molar refractivity (Wildman–Crippen MR) is 74.1 cm³/mol. The molecule has 1 saturated heterocycles. The van der Waals surface area contributed by atoms with Gasteiger partial charge in [-0.1, -0.05) is 36.2 Å². The summed E-state index contributed by atoms with van der Waals surface area (Å²) in [5.41, 5.74) is 6.86. The molecule has 0 spiro atoms. The van der Waals surface area contributed by atoms with E-state index < -0.39 is 0 Å². The summed E-state index contributed by atoms with van der Waals surface area (Å²) < 4.78 is 5.78. The molecular weight excluding hydrogens is 224 g/mol. The SMILES string of the molecule is CCC1OCCC1C(NN)c1cc(C)cc(C)c1. The molecule has 0 aliphatic carbocycles. The molecule has 0 bridgehead atoms. The Balaban J connectivity index is 2.27. The van der Waals surface area contributed by atoms with Crippen LogP contribution in [-0.4, -0.2) is 12.7 Å². The second-order valence-corrected chi connectivity index (χ2v) is 5.34. The summed E-state index contributed by atoms with van der Waals surface area (Å²) in [7, 11) is 0. The Morgan fingerprint density at radius 3 is 2.56 bits per heavy atom. The van der Waals surface area contributed by atoms with Crippen LogP contribution in [-0.2, 0) is 4.74 Å². The van der Waals surface area contributed by atoms with Crippen LogP contribution >= 0.6 is 0 Å². The van der Waals surface area contributed by atoms with Crippen LogP contribution in [0.2, 0.25) is 0 Å². The van der Waals surface area contributed by atoms with Gasteiger partial charge in [-0.3, -0.25) is 11.3 Å². The van der Waals surface area contributed by atoms with Crippen molar-refractivity contribution in [3.63, 3.8) is 0 Å². The average molecular weight is 248 g/mol. The van der Waals surface area contributed by atoms with E-state index in [-0.39, 0.29) is 6.04 Å². The minimum atomic E-state index is 0.191. The number of nitrogens with two attached hydrogens (primary N) is 1. The predicted octanol–water partition coefficient (Wildman–Crippen LogP) is 2.62. The number of benzene rings is 1. The molecule has 1 heterocycles. The number of hydrogen-bond donors (Lipinski definition) is 2. The smallest absolute Gasteiger partial charge is 0.0620 e. The van der Waals surface area contributed by atoms with Crippen LogP contribution in [0.4, 0.5) is 0 Å². The van der Waals surface area contributed by atoms with Crippen molar-refractivity contribution >= 4 is 0 Å². The van der Waals surface area contributed by atoms with Crippen LogP contribution in [0.3, 0.4) is 0 Å². The van der Waals surface area contributed by atoms with Gasteiger partial charge in [-0.15, -0.1) is 0 Å². The van der Waals surface area contributed by atoms with Crippen molar-refractivity contribution in [3.05, 3.63) is 34.9 Å². The quantitative estimate of drug-likeness (QED) is 0.636. The molecule has 1 aromatic rings. The van der Waals surface area contributed by atoms with E-state index in [0.29, 0.717) is 12.0 Å². The van der Waals surface area contributed by atoms with E-state index in [1.165, 1.54) is 16.7 Å². The molecule has 18 heavy (non-hydrogen) atoms. The van der Waals surface area contributed by atoms with Crippen molar-refractivity contribution in [2.75, 3.05) is 6.61 Å². The molecule has 3 N–H and O–H groups in total. The monoisotopic (exact) mass is 248 g/mol. The third kappa shape index (κ3) is 2.74. The Morgan fingerprint density at radius 1 is 1.33 bits per heavy atom. The number of hydrogen-bond acceptors (Lipinski definition) is 3. The zero-order chi connectivity index (χ0) is 13.1. The zero-order valence-electron chi connectivity index (χ0n) is 11.6. The molecule has 3 nitrogen and oxygen atoms in total. The number of nitrogens with one attached hydrogen (secondary N) is 1. The molecule has 0 radical (unpaired) electrons. The Morgan fingerprint density at radius 2 is 2.00 bits per heavy atom. The maximum Gasteiger partial charge on any atom is 0.0620 e. The van der Waals surface area contributed by atoms with Crippen molar-refractivity contribution in [3.8, 4) is 0 Å². The van der Waals surface area contributed by atoms with Crippen LogP contribution in [0.15, 0.2) is 18.2 Å². The van der Waals surface area contributed by atoms with Gasteiger partial charge in [0.05, 0.1) is 12.1 Å². The molecule has 1 fully saturated rings. The van der Waals surface area contributed by atoms with Crippen molar-refractivity contribution in [1.82, 2.24) is 5.43 Å². The highest BCUT2D eigenvalue weighted by Gasteiger charge is 2.34. The summed E-state index contributed by atoms with van der Waals surface area (Å²) >= 11 is 0. The van der Waals surface area contributed by atoms with Gasteiger partial charge < -0.3 is 4.74 Å². The largest absolute Gasteiger partial charge is 0.378 e. The maximum absolute atomic E-state index is 5.80. The Labute approximate surface area is 110 Å². The molecular formula is C15H24N2O. The van der Waals surface area contributed by atoms with Gasteiger partial charge >= 0.3 is 0 Å². The van der Waals surface area contributed by atoms with Crippen LogP contribution in [0.1, 0.15) is 42.5 Å². The molecule has 0 aromatic heterocycles. The van der Waals surface area contributed by atoms with E-state index in [4.69, 9.17) is 10.6 Å². The first-order valence-electron chi connectivity index (χ1n) is 6.81. The maximum atomic E-state index is 5.80. The molecule has 2 rings (SSSR count). The van der Waals surface area contributed by atoms with Gasteiger partial charge in [0.1, 0.15) is 0 Å². The van der Waals surface area contributed by atoms with E-state index in [1.54, 1.807) is 0 Å². The topological polar surface area (TPSA) is 47.3 Å². The molecule has 1 aromatic carbocycles. The van der Waals surface area contributed by atoms with Crippen molar-refractivity contribution in [2.45, 2.75) is 45.8 Å². The fourth-order valence-electron chi connectivity index (χ4n) is 3.12. The minimum absolute atomic E-state index is 0.191. The van der Waals surface area contributed by atoms with Crippen LogP contribution in [0.5, 0.6) is 0 Å². The van der Waals surface area contributed by atoms with Gasteiger partial charge in [-0.05, 0) is 32.3 Å². The molecule has 3 heteroatoms. The molecule has 3 atom stereocenters. The normalized spacial score (nSPS) is 25.3. The lowest BCUT2D eigenvalue weighted by atomic mass is 9.86. The first-order valence-corrected chi connectivity index (χ1v) is 6.81. The summed E-state index contributed by atoms with van der Waals surface area (Å²) in [5.74, 6) is 6.27. The zero-order valence-corrected chi connectivity index (χ0v) is 11.6.